The molecule has 18 heavy (non-hydrogen) atoms. The minimum Gasteiger partial charge on any atom is -0.496 e. The molecule has 0 spiro atoms. The van der Waals surface area contributed by atoms with E-state index in [1.807, 2.05) is 35.7 Å². The fourth-order valence-corrected chi connectivity index (χ4v) is 2.42. The molecule has 1 aromatic heterocycles. The molecule has 4 heteroatoms. The number of rotatable bonds is 6. The molecule has 0 aliphatic rings. The molecule has 2 aromatic rings. The third-order valence-corrected chi connectivity index (χ3v) is 3.56. The smallest absolute Gasteiger partial charge is 0.124 e. The predicted molar refractivity (Wildman–Crippen MR) is 73.9 cm³/mol. The summed E-state index contributed by atoms with van der Waals surface area (Å²) in [4.78, 5) is 1.20. The number of benzene rings is 1. The molecular formula is C14H17NO2S. The van der Waals surface area contributed by atoms with Crippen molar-refractivity contribution in [2.75, 3.05) is 13.7 Å². The number of hydrogen-bond donors (Lipinski definition) is 1. The van der Waals surface area contributed by atoms with Crippen LogP contribution in [0.2, 0.25) is 0 Å². The topological polar surface area (TPSA) is 44.5 Å². The molecule has 1 unspecified atom stereocenters. The number of hydrogen-bond acceptors (Lipinski definition) is 4. The van der Waals surface area contributed by atoms with Gasteiger partial charge in [-0.05, 0) is 17.5 Å². The van der Waals surface area contributed by atoms with Crippen LogP contribution >= 0.6 is 11.3 Å². The van der Waals surface area contributed by atoms with Crippen molar-refractivity contribution in [1.82, 2.24) is 0 Å². The second kappa shape index (κ2) is 6.54. The van der Waals surface area contributed by atoms with E-state index in [9.17, 15) is 0 Å². The van der Waals surface area contributed by atoms with Crippen LogP contribution in [0.1, 0.15) is 16.5 Å². The van der Waals surface area contributed by atoms with Crippen molar-refractivity contribution in [3.05, 3.63) is 52.2 Å². The van der Waals surface area contributed by atoms with Crippen LogP contribution in [-0.4, -0.2) is 13.7 Å². The summed E-state index contributed by atoms with van der Waals surface area (Å²) in [5.41, 5.74) is 6.79. The fraction of sp³-hybridized carbons (Fsp3) is 0.286. The lowest BCUT2D eigenvalue weighted by Crippen LogP contribution is -2.16. The maximum Gasteiger partial charge on any atom is 0.124 e. The number of methoxy groups -OCH3 is 1. The van der Waals surface area contributed by atoms with Crippen LogP contribution in [0.5, 0.6) is 5.75 Å². The Morgan fingerprint density at radius 2 is 2.06 bits per heavy atom. The molecule has 0 amide bonds. The summed E-state index contributed by atoms with van der Waals surface area (Å²) in [6.45, 7) is 1.02. The monoisotopic (exact) mass is 263 g/mol. The predicted octanol–water partition coefficient (Wildman–Crippen LogP) is 2.97. The van der Waals surface area contributed by atoms with E-state index in [0.717, 1.165) is 11.3 Å². The highest BCUT2D eigenvalue weighted by atomic mass is 32.1. The van der Waals surface area contributed by atoms with Crippen molar-refractivity contribution in [3.63, 3.8) is 0 Å². The van der Waals surface area contributed by atoms with Crippen molar-refractivity contribution >= 4 is 11.3 Å². The standard InChI is InChI=1S/C14H17NO2S/c1-16-13-7-3-2-6-12(13)14(9-15)17-10-11-5-4-8-18-11/h2-8,14H,9-10,15H2,1H3. The van der Waals surface area contributed by atoms with Gasteiger partial charge in [0.2, 0.25) is 0 Å². The molecule has 0 aliphatic heterocycles. The summed E-state index contributed by atoms with van der Waals surface area (Å²) in [6, 6.07) is 11.9. The summed E-state index contributed by atoms with van der Waals surface area (Å²) < 4.78 is 11.2. The van der Waals surface area contributed by atoms with Gasteiger partial charge in [0.05, 0.1) is 19.8 Å². The van der Waals surface area contributed by atoms with Gasteiger partial charge in [-0.1, -0.05) is 24.3 Å². The lowest BCUT2D eigenvalue weighted by atomic mass is 10.1. The van der Waals surface area contributed by atoms with Crippen LogP contribution in [0.15, 0.2) is 41.8 Å². The van der Waals surface area contributed by atoms with Gasteiger partial charge >= 0.3 is 0 Å². The second-order valence-corrected chi connectivity index (χ2v) is 4.89. The van der Waals surface area contributed by atoms with Crippen molar-refractivity contribution < 1.29 is 9.47 Å². The molecule has 0 bridgehead atoms. The highest BCUT2D eigenvalue weighted by Crippen LogP contribution is 2.27. The molecule has 1 heterocycles. The third-order valence-electron chi connectivity index (χ3n) is 2.71. The Balaban J connectivity index is 2.08. The van der Waals surface area contributed by atoms with Gasteiger partial charge < -0.3 is 15.2 Å². The number of nitrogens with two attached hydrogens (primary N) is 1. The first-order valence-electron chi connectivity index (χ1n) is 5.82. The Morgan fingerprint density at radius 3 is 2.72 bits per heavy atom. The summed E-state index contributed by atoms with van der Waals surface area (Å²) in [6.07, 6.45) is -0.136. The lowest BCUT2D eigenvalue weighted by molar-refractivity contribution is 0.0457. The molecule has 3 nitrogen and oxygen atoms in total. The van der Waals surface area contributed by atoms with Gasteiger partial charge in [-0.25, -0.2) is 0 Å². The van der Waals surface area contributed by atoms with Gasteiger partial charge in [0, 0.05) is 17.0 Å². The van der Waals surface area contributed by atoms with E-state index in [1.165, 1.54) is 4.88 Å². The van der Waals surface area contributed by atoms with E-state index >= 15 is 0 Å². The van der Waals surface area contributed by atoms with Crippen molar-refractivity contribution in [2.24, 2.45) is 5.73 Å². The fourth-order valence-electron chi connectivity index (χ4n) is 1.79. The maximum atomic E-state index is 5.87. The van der Waals surface area contributed by atoms with E-state index < -0.39 is 0 Å². The van der Waals surface area contributed by atoms with Gasteiger partial charge in [0.1, 0.15) is 5.75 Å². The Morgan fingerprint density at radius 1 is 1.22 bits per heavy atom. The molecule has 2 N–H and O–H groups in total. The van der Waals surface area contributed by atoms with Gasteiger partial charge in [-0.15, -0.1) is 11.3 Å². The first-order chi connectivity index (χ1) is 8.85. The number of thiophene rings is 1. The Labute approximate surface area is 111 Å². The van der Waals surface area contributed by atoms with Crippen LogP contribution in [0, 0.1) is 0 Å². The average Bonchev–Trinajstić information content (AvgIpc) is 2.93. The minimum atomic E-state index is -0.136. The van der Waals surface area contributed by atoms with E-state index in [-0.39, 0.29) is 6.10 Å². The van der Waals surface area contributed by atoms with Gasteiger partial charge in [-0.3, -0.25) is 0 Å². The van der Waals surface area contributed by atoms with Gasteiger partial charge in [0.15, 0.2) is 0 Å². The summed E-state index contributed by atoms with van der Waals surface area (Å²) in [7, 11) is 1.66. The molecule has 0 radical (unpaired) electrons. The quantitative estimate of drug-likeness (QED) is 0.871. The zero-order valence-electron chi connectivity index (χ0n) is 10.3. The summed E-state index contributed by atoms with van der Waals surface area (Å²) in [5.74, 6) is 0.819. The van der Waals surface area contributed by atoms with Gasteiger partial charge in [0.25, 0.3) is 0 Å². The summed E-state index contributed by atoms with van der Waals surface area (Å²) >= 11 is 1.68. The minimum absolute atomic E-state index is 0.136. The van der Waals surface area contributed by atoms with Gasteiger partial charge in [-0.2, -0.15) is 0 Å². The first kappa shape index (κ1) is 13.1. The Bertz CT molecular complexity index is 470. The van der Waals surface area contributed by atoms with E-state index in [1.54, 1.807) is 18.4 Å². The Hall–Kier alpha value is -1.36. The van der Waals surface area contributed by atoms with Crippen LogP contribution in [0.3, 0.4) is 0 Å². The van der Waals surface area contributed by atoms with E-state index in [2.05, 4.69) is 6.07 Å². The second-order valence-electron chi connectivity index (χ2n) is 3.86. The third kappa shape index (κ3) is 3.10. The molecule has 2 rings (SSSR count). The van der Waals surface area contributed by atoms with Crippen LogP contribution in [0.4, 0.5) is 0 Å². The van der Waals surface area contributed by atoms with E-state index in [0.29, 0.717) is 13.2 Å². The zero-order valence-corrected chi connectivity index (χ0v) is 11.2. The number of para-hydroxylation sites is 1. The molecule has 0 saturated carbocycles. The number of ether oxygens (including phenoxy) is 2. The molecule has 1 aromatic carbocycles. The normalized spacial score (nSPS) is 12.3. The average molecular weight is 263 g/mol. The molecule has 0 aliphatic carbocycles. The molecule has 0 fully saturated rings. The van der Waals surface area contributed by atoms with Crippen molar-refractivity contribution in [1.29, 1.82) is 0 Å². The van der Waals surface area contributed by atoms with E-state index in [4.69, 9.17) is 15.2 Å². The highest BCUT2D eigenvalue weighted by molar-refractivity contribution is 7.09. The zero-order chi connectivity index (χ0) is 12.8. The van der Waals surface area contributed by atoms with Crippen LogP contribution in [0.25, 0.3) is 0 Å². The lowest BCUT2D eigenvalue weighted by Gasteiger charge is -2.18. The van der Waals surface area contributed by atoms with Crippen LogP contribution in [-0.2, 0) is 11.3 Å². The summed E-state index contributed by atoms with van der Waals surface area (Å²) in [5, 5.41) is 2.04. The molecule has 96 valence electrons. The van der Waals surface area contributed by atoms with Crippen LogP contribution < -0.4 is 10.5 Å². The largest absolute Gasteiger partial charge is 0.496 e. The SMILES string of the molecule is COc1ccccc1C(CN)OCc1cccs1. The Kier molecular flexibility index (Phi) is 4.75. The maximum absolute atomic E-state index is 5.87. The molecule has 0 saturated heterocycles. The first-order valence-corrected chi connectivity index (χ1v) is 6.70. The molecular weight excluding hydrogens is 246 g/mol. The highest BCUT2D eigenvalue weighted by Gasteiger charge is 2.15. The molecule has 1 atom stereocenters. The van der Waals surface area contributed by atoms with Crippen molar-refractivity contribution in [2.45, 2.75) is 12.7 Å². The van der Waals surface area contributed by atoms with Crippen molar-refractivity contribution in [3.8, 4) is 5.75 Å².